The summed E-state index contributed by atoms with van der Waals surface area (Å²) in [6, 6.07) is 5.19. The maximum absolute atomic E-state index is 12.6. The van der Waals surface area contributed by atoms with Gasteiger partial charge in [-0.05, 0) is 37.5 Å². The van der Waals surface area contributed by atoms with E-state index in [0.717, 1.165) is 25.1 Å². The van der Waals surface area contributed by atoms with E-state index in [-0.39, 0.29) is 6.04 Å². The van der Waals surface area contributed by atoms with Crippen molar-refractivity contribution < 1.29 is 8.42 Å². The molecule has 2 N–H and O–H groups in total. The van der Waals surface area contributed by atoms with Gasteiger partial charge < -0.3 is 10.2 Å². The van der Waals surface area contributed by atoms with Crippen molar-refractivity contribution in [2.45, 2.75) is 44.0 Å². The van der Waals surface area contributed by atoms with Gasteiger partial charge in [-0.25, -0.2) is 13.1 Å². The average Bonchev–Trinajstić information content (AvgIpc) is 2.96. The summed E-state index contributed by atoms with van der Waals surface area (Å²) in [6.07, 6.45) is 4.84. The smallest absolute Gasteiger partial charge is 0.241 e. The lowest BCUT2D eigenvalue weighted by Gasteiger charge is -2.15. The molecule has 1 aliphatic heterocycles. The van der Waals surface area contributed by atoms with Gasteiger partial charge in [0, 0.05) is 31.4 Å². The molecule has 0 radical (unpaired) electrons. The largest absolute Gasteiger partial charge is 0.385 e. The first-order valence-electron chi connectivity index (χ1n) is 7.98. The van der Waals surface area contributed by atoms with Gasteiger partial charge in [0.1, 0.15) is 0 Å². The second-order valence-electron chi connectivity index (χ2n) is 5.91. The molecule has 1 saturated heterocycles. The highest BCUT2D eigenvalue weighted by molar-refractivity contribution is 7.89. The number of hydrogen-bond acceptors (Lipinski definition) is 5. The lowest BCUT2D eigenvalue weighted by molar-refractivity contribution is 0.470. The summed E-state index contributed by atoms with van der Waals surface area (Å²) in [5.74, 6) is 0. The van der Waals surface area contributed by atoms with Crippen molar-refractivity contribution >= 4 is 15.7 Å². The van der Waals surface area contributed by atoms with Gasteiger partial charge in [-0.15, -0.1) is 0 Å². The number of likely N-dealkylation sites (tertiary alicyclic amines) is 1. The number of nitrogens with one attached hydrogen (secondary N) is 2. The zero-order valence-corrected chi connectivity index (χ0v) is 14.5. The van der Waals surface area contributed by atoms with E-state index in [2.05, 4.69) is 23.2 Å². The first-order valence-corrected chi connectivity index (χ1v) is 9.46. The van der Waals surface area contributed by atoms with Crippen molar-refractivity contribution in [1.82, 2.24) is 9.62 Å². The SMILES string of the molecule is CCCCNc1ccc(C)c(S(=O)(=O)NC2CCN(C#N)C2)c1. The van der Waals surface area contributed by atoms with Crippen LogP contribution in [0.2, 0.25) is 0 Å². The Kier molecular flexibility index (Phi) is 5.85. The molecule has 0 saturated carbocycles. The predicted molar refractivity (Wildman–Crippen MR) is 90.5 cm³/mol. The molecule has 2 rings (SSSR count). The van der Waals surface area contributed by atoms with Gasteiger partial charge in [-0.3, -0.25) is 0 Å². The molecule has 1 fully saturated rings. The predicted octanol–water partition coefficient (Wildman–Crippen LogP) is 2.04. The second kappa shape index (κ2) is 7.66. The van der Waals surface area contributed by atoms with E-state index >= 15 is 0 Å². The number of nitrogens with zero attached hydrogens (tertiary/aromatic N) is 2. The molecule has 1 aliphatic rings. The summed E-state index contributed by atoms with van der Waals surface area (Å²) in [4.78, 5) is 1.87. The van der Waals surface area contributed by atoms with Crippen molar-refractivity contribution in [3.63, 3.8) is 0 Å². The van der Waals surface area contributed by atoms with Crippen molar-refractivity contribution in [3.05, 3.63) is 23.8 Å². The fourth-order valence-electron chi connectivity index (χ4n) is 2.64. The maximum atomic E-state index is 12.6. The lowest BCUT2D eigenvalue weighted by Crippen LogP contribution is -2.36. The van der Waals surface area contributed by atoms with Crippen LogP contribution in [0.25, 0.3) is 0 Å². The van der Waals surface area contributed by atoms with Gasteiger partial charge in [0.25, 0.3) is 0 Å². The third kappa shape index (κ3) is 4.60. The normalized spacial score (nSPS) is 18.0. The van der Waals surface area contributed by atoms with Gasteiger partial charge in [-0.2, -0.15) is 5.26 Å². The maximum Gasteiger partial charge on any atom is 0.241 e. The highest BCUT2D eigenvalue weighted by atomic mass is 32.2. The van der Waals surface area contributed by atoms with Crippen LogP contribution < -0.4 is 10.0 Å². The molecule has 1 atom stereocenters. The van der Waals surface area contributed by atoms with Gasteiger partial charge in [0.15, 0.2) is 6.19 Å². The Balaban J connectivity index is 2.12. The Morgan fingerprint density at radius 3 is 2.87 bits per heavy atom. The van der Waals surface area contributed by atoms with Crippen LogP contribution in [0.3, 0.4) is 0 Å². The van der Waals surface area contributed by atoms with Crippen LogP contribution in [-0.4, -0.2) is 39.0 Å². The highest BCUT2D eigenvalue weighted by Crippen LogP contribution is 2.21. The Bertz CT molecular complexity index is 682. The number of rotatable bonds is 7. The number of benzene rings is 1. The van der Waals surface area contributed by atoms with E-state index < -0.39 is 10.0 Å². The van der Waals surface area contributed by atoms with Crippen LogP contribution in [-0.2, 0) is 10.0 Å². The minimum atomic E-state index is -3.59. The van der Waals surface area contributed by atoms with E-state index in [4.69, 9.17) is 5.26 Å². The Morgan fingerprint density at radius 1 is 1.43 bits per heavy atom. The van der Waals surface area contributed by atoms with Crippen LogP contribution >= 0.6 is 0 Å². The molecule has 1 aromatic carbocycles. The second-order valence-corrected chi connectivity index (χ2v) is 7.60. The van der Waals surface area contributed by atoms with Crippen molar-refractivity contribution in [3.8, 4) is 6.19 Å². The zero-order valence-electron chi connectivity index (χ0n) is 13.7. The van der Waals surface area contributed by atoms with Crippen LogP contribution in [0, 0.1) is 18.4 Å². The topological polar surface area (TPSA) is 85.2 Å². The van der Waals surface area contributed by atoms with Crippen LogP contribution in [0.4, 0.5) is 5.69 Å². The summed E-state index contributed by atoms with van der Waals surface area (Å²) in [5, 5.41) is 12.1. The van der Waals surface area contributed by atoms with E-state index in [1.807, 2.05) is 12.1 Å². The molecule has 126 valence electrons. The van der Waals surface area contributed by atoms with E-state index in [1.165, 1.54) is 0 Å². The van der Waals surface area contributed by atoms with Crippen LogP contribution in [0.5, 0.6) is 0 Å². The quantitative estimate of drug-likeness (QED) is 0.588. The molecular weight excluding hydrogens is 312 g/mol. The number of sulfonamides is 1. The standard InChI is InChI=1S/C16H24N4O2S/c1-3-4-8-18-14-6-5-13(2)16(10-14)23(21,22)19-15-7-9-20(11-15)12-17/h5-6,10,15,18-19H,3-4,7-9,11H2,1-2H3. The molecule has 1 heterocycles. The number of hydrogen-bond donors (Lipinski definition) is 2. The third-order valence-electron chi connectivity index (χ3n) is 3.99. The highest BCUT2D eigenvalue weighted by Gasteiger charge is 2.27. The number of anilines is 1. The van der Waals surface area contributed by atoms with Gasteiger partial charge in [0.2, 0.25) is 10.0 Å². The molecule has 0 spiro atoms. The zero-order chi connectivity index (χ0) is 16.9. The van der Waals surface area contributed by atoms with Crippen molar-refractivity contribution in [2.75, 3.05) is 25.0 Å². The third-order valence-corrected chi connectivity index (χ3v) is 5.65. The van der Waals surface area contributed by atoms with E-state index in [0.29, 0.717) is 30.0 Å². The molecule has 0 aliphatic carbocycles. The summed E-state index contributed by atoms with van der Waals surface area (Å²) in [6.45, 7) is 5.76. The van der Waals surface area contributed by atoms with Crippen molar-refractivity contribution in [2.24, 2.45) is 0 Å². The molecule has 0 aromatic heterocycles. The average molecular weight is 336 g/mol. The molecule has 1 aromatic rings. The summed E-state index contributed by atoms with van der Waals surface area (Å²) < 4.78 is 28.0. The van der Waals surface area contributed by atoms with Crippen LogP contribution in [0.1, 0.15) is 31.7 Å². The Labute approximate surface area is 138 Å². The first-order chi connectivity index (χ1) is 11.0. The van der Waals surface area contributed by atoms with E-state index in [9.17, 15) is 8.42 Å². The lowest BCUT2D eigenvalue weighted by atomic mass is 10.2. The minimum Gasteiger partial charge on any atom is -0.385 e. The Hall–Kier alpha value is -1.78. The fraction of sp³-hybridized carbons (Fsp3) is 0.562. The number of nitriles is 1. The molecule has 0 bridgehead atoms. The van der Waals surface area contributed by atoms with Gasteiger partial charge in [0.05, 0.1) is 4.90 Å². The molecule has 6 nitrogen and oxygen atoms in total. The minimum absolute atomic E-state index is 0.212. The Morgan fingerprint density at radius 2 is 2.22 bits per heavy atom. The number of unbranched alkanes of at least 4 members (excludes halogenated alkanes) is 1. The molecular formula is C16H24N4O2S. The van der Waals surface area contributed by atoms with Gasteiger partial charge >= 0.3 is 0 Å². The summed E-state index contributed by atoms with van der Waals surface area (Å²) >= 11 is 0. The first kappa shape index (κ1) is 17.6. The monoisotopic (exact) mass is 336 g/mol. The number of aryl methyl sites for hydroxylation is 1. The van der Waals surface area contributed by atoms with Gasteiger partial charge in [-0.1, -0.05) is 19.4 Å². The van der Waals surface area contributed by atoms with E-state index in [1.54, 1.807) is 17.9 Å². The molecule has 7 heteroatoms. The summed E-state index contributed by atoms with van der Waals surface area (Å²) in [5.41, 5.74) is 1.53. The molecule has 0 amide bonds. The van der Waals surface area contributed by atoms with Crippen LogP contribution in [0.15, 0.2) is 23.1 Å². The van der Waals surface area contributed by atoms with Crippen molar-refractivity contribution in [1.29, 1.82) is 5.26 Å². The fourth-order valence-corrected chi connectivity index (χ4v) is 4.17. The molecule has 1 unspecified atom stereocenters. The summed E-state index contributed by atoms with van der Waals surface area (Å²) in [7, 11) is -3.59. The molecule has 23 heavy (non-hydrogen) atoms.